The molecule has 0 atom stereocenters. The second-order valence-electron chi connectivity index (χ2n) is 4.65. The van der Waals surface area contributed by atoms with Crippen LogP contribution in [0.25, 0.3) is 11.1 Å². The van der Waals surface area contributed by atoms with Gasteiger partial charge < -0.3 is 5.11 Å². The van der Waals surface area contributed by atoms with Gasteiger partial charge in [-0.25, -0.2) is 22.0 Å². The predicted molar refractivity (Wildman–Crippen MR) is 76.9 cm³/mol. The maximum Gasteiger partial charge on any atom is 0.336 e. The van der Waals surface area contributed by atoms with Gasteiger partial charge in [0.05, 0.1) is 16.0 Å². The number of hydrogen-bond donors (Lipinski definition) is 1. The zero-order valence-corrected chi connectivity index (χ0v) is 12.3. The van der Waals surface area contributed by atoms with Gasteiger partial charge in [-0.05, 0) is 11.6 Å². The first kappa shape index (κ1) is 16.1. The van der Waals surface area contributed by atoms with Gasteiger partial charge in [0.1, 0.15) is 0 Å². The first-order chi connectivity index (χ1) is 10.2. The lowest BCUT2D eigenvalue weighted by atomic mass is 9.99. The third kappa shape index (κ3) is 2.99. The quantitative estimate of drug-likeness (QED) is 0.935. The summed E-state index contributed by atoms with van der Waals surface area (Å²) in [5.41, 5.74) is -1.21. The van der Waals surface area contributed by atoms with Crippen LogP contribution in [0.1, 0.15) is 22.3 Å². The fourth-order valence-corrected chi connectivity index (χ4v) is 3.43. The number of alkyl halides is 2. The summed E-state index contributed by atoms with van der Waals surface area (Å²) in [6.45, 7) is 0. The lowest BCUT2D eigenvalue weighted by Crippen LogP contribution is -2.12. The largest absolute Gasteiger partial charge is 0.478 e. The van der Waals surface area contributed by atoms with Crippen molar-refractivity contribution in [1.82, 2.24) is 0 Å². The van der Waals surface area contributed by atoms with E-state index in [-0.39, 0.29) is 5.56 Å². The fourth-order valence-electron chi connectivity index (χ4n) is 2.25. The average Bonchev–Trinajstić information content (AvgIpc) is 2.45. The van der Waals surface area contributed by atoms with Crippen molar-refractivity contribution >= 4 is 15.8 Å². The van der Waals surface area contributed by atoms with Gasteiger partial charge in [-0.3, -0.25) is 0 Å². The zero-order chi connectivity index (χ0) is 16.5. The van der Waals surface area contributed by atoms with Crippen LogP contribution >= 0.6 is 0 Å². The van der Waals surface area contributed by atoms with Gasteiger partial charge in [0.15, 0.2) is 9.84 Å². The maximum absolute atomic E-state index is 13.3. The van der Waals surface area contributed by atoms with Crippen molar-refractivity contribution in [2.24, 2.45) is 0 Å². The summed E-state index contributed by atoms with van der Waals surface area (Å²) in [5, 5.41) is 9.04. The van der Waals surface area contributed by atoms with Crippen molar-refractivity contribution in [3.05, 3.63) is 53.6 Å². The molecule has 0 amide bonds. The minimum Gasteiger partial charge on any atom is -0.478 e. The molecule has 0 saturated heterocycles. The van der Waals surface area contributed by atoms with Crippen molar-refractivity contribution in [3.8, 4) is 11.1 Å². The van der Waals surface area contributed by atoms with Crippen LogP contribution in [0.5, 0.6) is 0 Å². The minimum absolute atomic E-state index is 0.0587. The van der Waals surface area contributed by atoms with Crippen molar-refractivity contribution in [3.63, 3.8) is 0 Å². The highest BCUT2D eigenvalue weighted by molar-refractivity contribution is 7.91. The SMILES string of the molecule is CS(=O)(=O)c1c(-c2ccccc2)ccc(C(=O)O)c1C(F)F. The Bertz CT molecular complexity index is 815. The van der Waals surface area contributed by atoms with E-state index in [1.165, 1.54) is 6.07 Å². The van der Waals surface area contributed by atoms with E-state index in [9.17, 15) is 22.0 Å². The molecule has 22 heavy (non-hydrogen) atoms. The van der Waals surface area contributed by atoms with Gasteiger partial charge >= 0.3 is 5.97 Å². The molecule has 2 rings (SSSR count). The molecular weight excluding hydrogens is 314 g/mol. The molecule has 0 aromatic heterocycles. The highest BCUT2D eigenvalue weighted by Crippen LogP contribution is 2.37. The lowest BCUT2D eigenvalue weighted by Gasteiger charge is -2.15. The summed E-state index contributed by atoms with van der Waals surface area (Å²) in [4.78, 5) is 10.5. The average molecular weight is 326 g/mol. The van der Waals surface area contributed by atoms with E-state index in [1.807, 2.05) is 0 Å². The molecule has 0 fully saturated rings. The number of carboxylic acid groups (broad SMARTS) is 1. The topological polar surface area (TPSA) is 71.4 Å². The summed E-state index contributed by atoms with van der Waals surface area (Å²) < 4.78 is 50.7. The van der Waals surface area contributed by atoms with Crippen LogP contribution in [0.3, 0.4) is 0 Å². The smallest absolute Gasteiger partial charge is 0.336 e. The van der Waals surface area contributed by atoms with Crippen LogP contribution in [-0.4, -0.2) is 25.7 Å². The van der Waals surface area contributed by atoms with E-state index in [2.05, 4.69) is 0 Å². The van der Waals surface area contributed by atoms with Crippen molar-refractivity contribution in [1.29, 1.82) is 0 Å². The summed E-state index contributed by atoms with van der Waals surface area (Å²) in [6, 6.07) is 10.3. The van der Waals surface area contributed by atoms with Crippen LogP contribution in [0.2, 0.25) is 0 Å². The Morgan fingerprint density at radius 1 is 1.09 bits per heavy atom. The van der Waals surface area contributed by atoms with Gasteiger partial charge in [0.25, 0.3) is 6.43 Å². The minimum atomic E-state index is -4.06. The van der Waals surface area contributed by atoms with E-state index >= 15 is 0 Å². The first-order valence-corrected chi connectivity index (χ1v) is 8.06. The lowest BCUT2D eigenvalue weighted by molar-refractivity contribution is 0.0683. The molecule has 2 aromatic rings. The number of rotatable bonds is 4. The Labute approximate surface area is 125 Å². The Hall–Kier alpha value is -2.28. The van der Waals surface area contributed by atoms with E-state index in [1.54, 1.807) is 30.3 Å². The molecule has 0 bridgehead atoms. The summed E-state index contributed by atoms with van der Waals surface area (Å²) in [7, 11) is -4.06. The molecule has 1 N–H and O–H groups in total. The van der Waals surface area contributed by atoms with Crippen LogP contribution < -0.4 is 0 Å². The first-order valence-electron chi connectivity index (χ1n) is 6.17. The van der Waals surface area contributed by atoms with E-state index in [0.717, 1.165) is 12.3 Å². The molecule has 0 aliphatic rings. The molecule has 0 unspecified atom stereocenters. The van der Waals surface area contributed by atoms with Crippen LogP contribution in [0.15, 0.2) is 47.4 Å². The Balaban J connectivity index is 2.94. The number of benzene rings is 2. The normalized spacial score (nSPS) is 11.6. The zero-order valence-electron chi connectivity index (χ0n) is 11.5. The molecule has 0 spiro atoms. The summed E-state index contributed by atoms with van der Waals surface area (Å²) in [6.07, 6.45) is -2.44. The molecule has 0 aliphatic carbocycles. The number of hydrogen-bond acceptors (Lipinski definition) is 3. The number of carboxylic acids is 1. The summed E-state index contributed by atoms with van der Waals surface area (Å²) >= 11 is 0. The van der Waals surface area contributed by atoms with Gasteiger partial charge in [-0.2, -0.15) is 0 Å². The molecule has 0 aliphatic heterocycles. The molecule has 0 radical (unpaired) electrons. The Morgan fingerprint density at radius 2 is 1.68 bits per heavy atom. The standard InChI is InChI=1S/C15H12F2O4S/c1-22(20,21)13-10(9-5-3-2-4-6-9)7-8-11(15(18)19)12(13)14(16)17/h2-8,14H,1H3,(H,18,19). The fraction of sp³-hybridized carbons (Fsp3) is 0.133. The third-order valence-electron chi connectivity index (χ3n) is 3.10. The van der Waals surface area contributed by atoms with Gasteiger partial charge in [-0.1, -0.05) is 36.4 Å². The van der Waals surface area contributed by atoms with Gasteiger partial charge in [-0.15, -0.1) is 0 Å². The van der Waals surface area contributed by atoms with Crippen molar-refractivity contribution in [2.45, 2.75) is 11.3 Å². The van der Waals surface area contributed by atoms with E-state index in [4.69, 9.17) is 5.11 Å². The van der Waals surface area contributed by atoms with Crippen LogP contribution in [0, 0.1) is 0 Å². The molecular formula is C15H12F2O4S. The number of aromatic carboxylic acids is 1. The number of halogens is 2. The Morgan fingerprint density at radius 3 is 2.14 bits per heavy atom. The van der Waals surface area contributed by atoms with Gasteiger partial charge in [0, 0.05) is 11.8 Å². The monoisotopic (exact) mass is 326 g/mol. The maximum atomic E-state index is 13.3. The van der Waals surface area contributed by atoms with Gasteiger partial charge in [0.2, 0.25) is 0 Å². The van der Waals surface area contributed by atoms with E-state index in [0.29, 0.717) is 5.56 Å². The van der Waals surface area contributed by atoms with Crippen molar-refractivity contribution < 1.29 is 27.1 Å². The predicted octanol–water partition coefficient (Wildman–Crippen LogP) is 3.39. The molecule has 0 heterocycles. The molecule has 2 aromatic carbocycles. The molecule has 116 valence electrons. The molecule has 0 saturated carbocycles. The highest BCUT2D eigenvalue weighted by Gasteiger charge is 2.29. The molecule has 4 nitrogen and oxygen atoms in total. The Kier molecular flexibility index (Phi) is 4.27. The second-order valence-corrected chi connectivity index (χ2v) is 6.60. The van der Waals surface area contributed by atoms with Crippen molar-refractivity contribution in [2.75, 3.05) is 6.26 Å². The second kappa shape index (κ2) is 5.84. The molecule has 7 heteroatoms. The van der Waals surface area contributed by atoms with E-state index < -0.39 is 38.3 Å². The number of sulfone groups is 1. The highest BCUT2D eigenvalue weighted by atomic mass is 32.2. The number of carbonyl (C=O) groups is 1. The van der Waals surface area contributed by atoms with Crippen LogP contribution in [0.4, 0.5) is 8.78 Å². The summed E-state index contributed by atoms with van der Waals surface area (Å²) in [5.74, 6) is -1.60. The third-order valence-corrected chi connectivity index (χ3v) is 4.28. The van der Waals surface area contributed by atoms with Crippen LogP contribution in [-0.2, 0) is 9.84 Å².